The monoisotopic (exact) mass is 573 g/mol. The Bertz CT molecular complexity index is 1770. The first kappa shape index (κ1) is 26.4. The average Bonchev–Trinajstić information content (AvgIpc) is 3.43. The van der Waals surface area contributed by atoms with Gasteiger partial charge < -0.3 is 9.64 Å². The number of anilines is 1. The molecule has 1 aliphatic carbocycles. The first-order chi connectivity index (χ1) is 20.4. The molecule has 3 atom stereocenters. The van der Waals surface area contributed by atoms with E-state index in [0.717, 1.165) is 16.8 Å². The molecular weight excluding hydrogens is 546 g/mol. The Morgan fingerprint density at radius 3 is 2.26 bits per heavy atom. The number of carbonyl (C=O) groups excluding carboxylic acids is 3. The number of nitrogens with zero attached hydrogens (tertiary/aromatic N) is 1. The summed E-state index contributed by atoms with van der Waals surface area (Å²) in [7, 11) is 0. The molecule has 42 heavy (non-hydrogen) atoms. The van der Waals surface area contributed by atoms with Gasteiger partial charge in [-0.25, -0.2) is 0 Å². The highest BCUT2D eigenvalue weighted by molar-refractivity contribution is 6.33. The van der Waals surface area contributed by atoms with Gasteiger partial charge in [0.15, 0.2) is 17.3 Å². The van der Waals surface area contributed by atoms with Gasteiger partial charge in [-0.15, -0.1) is 0 Å². The number of aryl methyl sites for hydroxylation is 1. The zero-order chi connectivity index (χ0) is 29.2. The molecule has 0 amide bonds. The molecule has 7 rings (SSSR count). The molecule has 0 aromatic heterocycles. The molecule has 6 heteroatoms. The molecule has 2 heterocycles. The van der Waals surface area contributed by atoms with Crippen molar-refractivity contribution < 1.29 is 19.1 Å². The van der Waals surface area contributed by atoms with E-state index in [4.69, 9.17) is 16.3 Å². The summed E-state index contributed by atoms with van der Waals surface area (Å²) in [4.78, 5) is 46.4. The maximum atomic E-state index is 14.8. The van der Waals surface area contributed by atoms with E-state index in [1.807, 2.05) is 91.6 Å². The number of halogens is 1. The van der Waals surface area contributed by atoms with Crippen LogP contribution in [0.1, 0.15) is 60.6 Å². The zero-order valence-corrected chi connectivity index (χ0v) is 24.0. The second-order valence-electron chi connectivity index (χ2n) is 11.1. The lowest BCUT2D eigenvalue weighted by atomic mass is 9.64. The summed E-state index contributed by atoms with van der Waals surface area (Å²) < 4.78 is 6.10. The molecule has 4 aromatic carbocycles. The average molecular weight is 574 g/mol. The molecule has 0 bridgehead atoms. The second kappa shape index (κ2) is 9.81. The Kier molecular flexibility index (Phi) is 6.17. The number of ketones is 3. The number of ether oxygens (including phenoxy) is 1. The smallest absolute Gasteiger partial charge is 0.185 e. The summed E-state index contributed by atoms with van der Waals surface area (Å²) in [5.41, 5.74) is 2.98. The minimum absolute atomic E-state index is 0.166. The van der Waals surface area contributed by atoms with E-state index in [9.17, 15) is 14.4 Å². The van der Waals surface area contributed by atoms with Crippen LogP contribution in [0.5, 0.6) is 5.75 Å². The van der Waals surface area contributed by atoms with E-state index in [0.29, 0.717) is 39.6 Å². The van der Waals surface area contributed by atoms with Crippen molar-refractivity contribution in [2.75, 3.05) is 11.5 Å². The van der Waals surface area contributed by atoms with E-state index in [1.165, 1.54) is 0 Å². The highest BCUT2D eigenvalue weighted by atomic mass is 35.5. The zero-order valence-electron chi connectivity index (χ0n) is 23.2. The van der Waals surface area contributed by atoms with Gasteiger partial charge in [-0.3, -0.25) is 14.4 Å². The van der Waals surface area contributed by atoms with Crippen LogP contribution in [0.15, 0.2) is 97.1 Å². The number of Topliss-reactive ketones (excluding diaryl/α,β-unsaturated/α-hetero) is 3. The molecule has 1 fully saturated rings. The number of benzene rings is 4. The van der Waals surface area contributed by atoms with Crippen molar-refractivity contribution in [1.29, 1.82) is 0 Å². The predicted molar refractivity (Wildman–Crippen MR) is 164 cm³/mol. The Morgan fingerprint density at radius 1 is 0.905 bits per heavy atom. The first-order valence-electron chi connectivity index (χ1n) is 14.1. The molecular formula is C36H28ClNO4. The van der Waals surface area contributed by atoms with Crippen LogP contribution in [0, 0.1) is 12.3 Å². The van der Waals surface area contributed by atoms with E-state index in [2.05, 4.69) is 0 Å². The highest BCUT2D eigenvalue weighted by Crippen LogP contribution is 2.62. The summed E-state index contributed by atoms with van der Waals surface area (Å²) >= 11 is 6.39. The van der Waals surface area contributed by atoms with E-state index >= 15 is 0 Å². The molecule has 3 aliphatic rings. The van der Waals surface area contributed by atoms with Crippen LogP contribution in [-0.4, -0.2) is 36.0 Å². The minimum atomic E-state index is -1.59. The van der Waals surface area contributed by atoms with Crippen molar-refractivity contribution in [1.82, 2.24) is 0 Å². The van der Waals surface area contributed by atoms with Crippen LogP contribution >= 0.6 is 11.6 Å². The number of hydrogen-bond donors (Lipinski definition) is 0. The largest absolute Gasteiger partial charge is 0.494 e. The van der Waals surface area contributed by atoms with Crippen LogP contribution in [-0.2, 0) is 0 Å². The van der Waals surface area contributed by atoms with Gasteiger partial charge in [-0.05, 0) is 43.7 Å². The fraction of sp³-hybridized carbons (Fsp3) is 0.194. The molecule has 0 saturated carbocycles. The number of fused-ring (bicyclic) bond motifs is 5. The quantitative estimate of drug-likeness (QED) is 0.184. The summed E-state index contributed by atoms with van der Waals surface area (Å²) in [6.07, 6.45) is 3.82. The molecule has 0 radical (unpaired) electrons. The van der Waals surface area contributed by atoms with Gasteiger partial charge in [-0.1, -0.05) is 96.0 Å². The fourth-order valence-electron chi connectivity index (χ4n) is 7.20. The van der Waals surface area contributed by atoms with E-state index in [1.54, 1.807) is 30.3 Å². The van der Waals surface area contributed by atoms with Gasteiger partial charge >= 0.3 is 0 Å². The molecule has 208 valence electrons. The van der Waals surface area contributed by atoms with Gasteiger partial charge in [0.05, 0.1) is 12.6 Å². The molecule has 0 N–H and O–H groups in total. The van der Waals surface area contributed by atoms with Gasteiger partial charge in [0.2, 0.25) is 0 Å². The Labute approximate surface area is 249 Å². The number of hydrogen-bond acceptors (Lipinski definition) is 5. The maximum absolute atomic E-state index is 14.8. The van der Waals surface area contributed by atoms with Gasteiger partial charge in [0.25, 0.3) is 0 Å². The summed E-state index contributed by atoms with van der Waals surface area (Å²) in [5, 5.41) is 0.561. The standard InChI is InChI=1S/C36H28ClNO4/c1-3-42-29-11-7-6-10-27(29)31-32(33(39)22-14-12-21(2)13-15-22)38-28-18-17-24(37)20-23(28)16-19-30(38)36(31)34(40)25-8-4-5-9-26(25)35(36)41/h4-20,30-32H,3H2,1-2H3/t30-,31-,32+/m1/s1. The fourth-order valence-corrected chi connectivity index (χ4v) is 7.38. The van der Waals surface area contributed by atoms with Crippen molar-refractivity contribution >= 4 is 40.7 Å². The Hall–Kier alpha value is -4.48. The normalized spacial score (nSPS) is 21.3. The summed E-state index contributed by atoms with van der Waals surface area (Å²) in [5.74, 6) is -0.979. The van der Waals surface area contributed by atoms with Crippen molar-refractivity contribution in [2.24, 2.45) is 5.41 Å². The molecule has 1 saturated heterocycles. The van der Waals surface area contributed by atoms with Crippen LogP contribution in [0.25, 0.3) is 6.08 Å². The summed E-state index contributed by atoms with van der Waals surface area (Å²) in [6, 6.07) is 25.8. The third-order valence-electron chi connectivity index (χ3n) is 8.92. The van der Waals surface area contributed by atoms with Gasteiger partial charge in [-0.2, -0.15) is 0 Å². The second-order valence-corrected chi connectivity index (χ2v) is 11.5. The third kappa shape index (κ3) is 3.59. The molecule has 1 spiro atoms. The van der Waals surface area contributed by atoms with Crippen LogP contribution in [0.2, 0.25) is 5.02 Å². The molecule has 2 aliphatic heterocycles. The van der Waals surface area contributed by atoms with Gasteiger partial charge in [0.1, 0.15) is 17.2 Å². The molecule has 5 nitrogen and oxygen atoms in total. The number of rotatable bonds is 5. The van der Waals surface area contributed by atoms with Crippen LogP contribution in [0.3, 0.4) is 0 Å². The lowest BCUT2D eigenvalue weighted by Gasteiger charge is -2.37. The SMILES string of the molecule is CCOc1ccccc1[C@@H]1[C@@H](C(=O)c2ccc(C)cc2)N2c3ccc(Cl)cc3C=C[C@@H]2C12C(=O)c1ccccc1C2=O. The molecule has 0 unspecified atom stereocenters. The van der Waals surface area contributed by atoms with E-state index in [-0.39, 0.29) is 17.3 Å². The Morgan fingerprint density at radius 2 is 1.57 bits per heavy atom. The molecule has 4 aromatic rings. The van der Waals surface area contributed by atoms with Crippen molar-refractivity contribution in [3.05, 3.63) is 135 Å². The maximum Gasteiger partial charge on any atom is 0.185 e. The van der Waals surface area contributed by atoms with Crippen molar-refractivity contribution in [3.63, 3.8) is 0 Å². The minimum Gasteiger partial charge on any atom is -0.494 e. The lowest BCUT2D eigenvalue weighted by Crippen LogP contribution is -2.48. The first-order valence-corrected chi connectivity index (χ1v) is 14.5. The lowest BCUT2D eigenvalue weighted by molar-refractivity contribution is 0.0664. The predicted octanol–water partition coefficient (Wildman–Crippen LogP) is 7.36. The summed E-state index contributed by atoms with van der Waals surface area (Å²) in [6.45, 7) is 4.26. The number of para-hydroxylation sites is 1. The number of carbonyl (C=O) groups is 3. The topological polar surface area (TPSA) is 63.7 Å². The van der Waals surface area contributed by atoms with Crippen LogP contribution in [0.4, 0.5) is 5.69 Å². The highest BCUT2D eigenvalue weighted by Gasteiger charge is 2.71. The Balaban J connectivity index is 1.56. The van der Waals surface area contributed by atoms with Crippen LogP contribution < -0.4 is 9.64 Å². The third-order valence-corrected chi connectivity index (χ3v) is 9.16. The van der Waals surface area contributed by atoms with Crippen molar-refractivity contribution in [3.8, 4) is 5.75 Å². The van der Waals surface area contributed by atoms with E-state index < -0.39 is 23.4 Å². The van der Waals surface area contributed by atoms with Gasteiger partial charge in [0, 0.05) is 38.9 Å². The van der Waals surface area contributed by atoms with Crippen molar-refractivity contribution in [2.45, 2.75) is 31.8 Å².